The first-order valence-corrected chi connectivity index (χ1v) is 11.3. The summed E-state index contributed by atoms with van der Waals surface area (Å²) < 4.78 is 5.11. The van der Waals surface area contributed by atoms with E-state index in [-0.39, 0.29) is 18.5 Å². The van der Waals surface area contributed by atoms with Gasteiger partial charge in [-0.1, -0.05) is 12.1 Å². The minimum atomic E-state index is -0.668. The lowest BCUT2D eigenvalue weighted by Gasteiger charge is -2.36. The maximum absolute atomic E-state index is 12.8. The van der Waals surface area contributed by atoms with Crippen molar-refractivity contribution in [3.05, 3.63) is 58.3 Å². The Kier molecular flexibility index (Phi) is 6.14. The van der Waals surface area contributed by atoms with Gasteiger partial charge < -0.3 is 14.7 Å². The monoisotopic (exact) mass is 465 g/mol. The molecule has 3 N–H and O–H groups in total. The molecule has 0 bridgehead atoms. The highest BCUT2D eigenvalue weighted by atomic mass is 16.5. The zero-order chi connectivity index (χ0) is 23.7. The van der Waals surface area contributed by atoms with E-state index in [1.807, 2.05) is 30.0 Å². The number of aromatic nitrogens is 1. The molecule has 1 atom stereocenters. The van der Waals surface area contributed by atoms with Crippen LogP contribution in [0.1, 0.15) is 38.7 Å². The van der Waals surface area contributed by atoms with Crippen molar-refractivity contribution >= 4 is 24.0 Å². The molecule has 1 unspecified atom stereocenters. The number of aliphatic hydroxyl groups excluding tert-OH is 1. The standard InChI is InChI=1S/C23H27N7O4/c1-15-17(3-4-18-19(15)13-34-23(18)33)20(31)12-28-6-8-29(9-7-28)22(32)10-16-2-5-21(24-11-16)30-14-25-26-27-30/h2-5,11,14,20,26-27,31H,6-10,12-13H2,1H3. The summed E-state index contributed by atoms with van der Waals surface area (Å²) in [5.41, 5.74) is 9.45. The average molecular weight is 466 g/mol. The Bertz CT molecular complexity index is 1110. The highest BCUT2D eigenvalue weighted by molar-refractivity contribution is 5.94. The number of cyclic esters (lactones) is 1. The third-order valence-corrected chi connectivity index (χ3v) is 6.54. The van der Waals surface area contributed by atoms with Gasteiger partial charge in [-0.3, -0.25) is 9.69 Å². The summed E-state index contributed by atoms with van der Waals surface area (Å²) in [7, 11) is 0. The predicted molar refractivity (Wildman–Crippen MR) is 123 cm³/mol. The number of nitrogens with zero attached hydrogens (tertiary/aromatic N) is 5. The number of anilines is 1. The number of amides is 1. The number of piperazine rings is 1. The van der Waals surface area contributed by atoms with Gasteiger partial charge in [0.2, 0.25) is 5.91 Å². The van der Waals surface area contributed by atoms with E-state index in [0.29, 0.717) is 50.5 Å². The molecule has 178 valence electrons. The molecule has 34 heavy (non-hydrogen) atoms. The summed E-state index contributed by atoms with van der Waals surface area (Å²) in [5.74, 6) is 0.438. The van der Waals surface area contributed by atoms with Crippen molar-refractivity contribution in [2.24, 2.45) is 5.10 Å². The molecule has 11 heteroatoms. The zero-order valence-electron chi connectivity index (χ0n) is 18.9. The van der Waals surface area contributed by atoms with Crippen molar-refractivity contribution in [3.63, 3.8) is 0 Å². The van der Waals surface area contributed by atoms with Gasteiger partial charge in [-0.2, -0.15) is 5.10 Å². The van der Waals surface area contributed by atoms with E-state index in [2.05, 4.69) is 26.1 Å². The number of benzene rings is 1. The Labute approximate surface area is 196 Å². The van der Waals surface area contributed by atoms with Crippen LogP contribution >= 0.6 is 0 Å². The van der Waals surface area contributed by atoms with Crippen LogP contribution in [0, 0.1) is 6.92 Å². The molecule has 5 rings (SSSR count). The third-order valence-electron chi connectivity index (χ3n) is 6.54. The molecule has 1 saturated heterocycles. The van der Waals surface area contributed by atoms with Gasteiger partial charge in [0.25, 0.3) is 0 Å². The number of hydrazine groups is 2. The molecular formula is C23H27N7O4. The number of fused-ring (bicyclic) bond motifs is 1. The number of hydrogen-bond donors (Lipinski definition) is 3. The van der Waals surface area contributed by atoms with Crippen molar-refractivity contribution < 1.29 is 19.4 Å². The summed E-state index contributed by atoms with van der Waals surface area (Å²) in [6, 6.07) is 7.27. The molecule has 3 aliphatic heterocycles. The van der Waals surface area contributed by atoms with Gasteiger partial charge in [0.15, 0.2) is 0 Å². The number of ether oxygens (including phenoxy) is 1. The number of carbonyl (C=O) groups excluding carboxylic acids is 2. The number of hydrazone groups is 1. The first-order chi connectivity index (χ1) is 16.5. The minimum Gasteiger partial charge on any atom is -0.457 e. The van der Waals surface area contributed by atoms with E-state index in [4.69, 9.17) is 4.74 Å². The number of rotatable bonds is 6. The van der Waals surface area contributed by atoms with Crippen LogP contribution in [0.15, 0.2) is 35.6 Å². The molecule has 3 aliphatic rings. The van der Waals surface area contributed by atoms with Crippen molar-refractivity contribution in [3.8, 4) is 0 Å². The van der Waals surface area contributed by atoms with Gasteiger partial charge >= 0.3 is 5.97 Å². The van der Waals surface area contributed by atoms with Gasteiger partial charge in [-0.15, -0.1) is 5.53 Å². The SMILES string of the molecule is Cc1c(C(O)CN2CCN(C(=O)Cc3ccc(N4C=NNN4)nc3)CC2)ccc2c1COC2=O. The lowest BCUT2D eigenvalue weighted by molar-refractivity contribution is -0.132. The lowest BCUT2D eigenvalue weighted by atomic mass is 9.95. The second-order valence-corrected chi connectivity index (χ2v) is 8.62. The quantitative estimate of drug-likeness (QED) is 0.515. The van der Waals surface area contributed by atoms with Gasteiger partial charge in [-0.25, -0.2) is 20.3 Å². The molecule has 0 radical (unpaired) electrons. The van der Waals surface area contributed by atoms with Gasteiger partial charge in [0.1, 0.15) is 18.8 Å². The topological polar surface area (TPSA) is 123 Å². The average Bonchev–Trinajstić information content (AvgIpc) is 3.51. The molecule has 1 amide bonds. The first-order valence-electron chi connectivity index (χ1n) is 11.3. The zero-order valence-corrected chi connectivity index (χ0v) is 18.9. The number of β-amino-alcohol motifs (C(OH)–C–C–N with tert-alkyl or cyclic N) is 1. The Morgan fingerprint density at radius 1 is 1.21 bits per heavy atom. The Morgan fingerprint density at radius 3 is 2.74 bits per heavy atom. The van der Waals surface area contributed by atoms with E-state index in [0.717, 1.165) is 22.3 Å². The van der Waals surface area contributed by atoms with Crippen LogP contribution in [0.4, 0.5) is 5.82 Å². The number of carbonyl (C=O) groups is 2. The fourth-order valence-electron chi connectivity index (χ4n) is 4.52. The van der Waals surface area contributed by atoms with Gasteiger partial charge in [-0.05, 0) is 35.7 Å². The number of hydrogen-bond acceptors (Lipinski definition) is 10. The molecule has 0 spiro atoms. The molecule has 11 nitrogen and oxygen atoms in total. The van der Waals surface area contributed by atoms with Crippen LogP contribution < -0.4 is 16.1 Å². The van der Waals surface area contributed by atoms with Gasteiger partial charge in [0.05, 0.1) is 18.1 Å². The van der Waals surface area contributed by atoms with Crippen LogP contribution in [0.25, 0.3) is 0 Å². The second kappa shape index (κ2) is 9.37. The van der Waals surface area contributed by atoms with E-state index < -0.39 is 6.10 Å². The summed E-state index contributed by atoms with van der Waals surface area (Å²) in [6.45, 7) is 5.27. The predicted octanol–water partition coefficient (Wildman–Crippen LogP) is 0.253. The molecule has 1 aromatic carbocycles. The number of pyridine rings is 1. The normalized spacial score (nSPS) is 18.6. The highest BCUT2D eigenvalue weighted by Gasteiger charge is 2.27. The Hall–Kier alpha value is -3.54. The Balaban J connectivity index is 1.12. The van der Waals surface area contributed by atoms with Crippen LogP contribution in [-0.4, -0.2) is 70.8 Å². The lowest BCUT2D eigenvalue weighted by Crippen LogP contribution is -2.50. The summed E-state index contributed by atoms with van der Waals surface area (Å²) >= 11 is 0. The van der Waals surface area contributed by atoms with Crippen molar-refractivity contribution in [1.29, 1.82) is 0 Å². The van der Waals surface area contributed by atoms with Crippen molar-refractivity contribution in [2.45, 2.75) is 26.1 Å². The molecule has 4 heterocycles. The molecular weight excluding hydrogens is 438 g/mol. The fraction of sp³-hybridized carbons (Fsp3) is 0.391. The number of esters is 1. The van der Waals surface area contributed by atoms with E-state index >= 15 is 0 Å². The van der Waals surface area contributed by atoms with Crippen LogP contribution in [0.5, 0.6) is 0 Å². The molecule has 1 fully saturated rings. The van der Waals surface area contributed by atoms with Crippen LogP contribution in [0.3, 0.4) is 0 Å². The Morgan fingerprint density at radius 2 is 2.03 bits per heavy atom. The largest absolute Gasteiger partial charge is 0.457 e. The van der Waals surface area contributed by atoms with E-state index in [9.17, 15) is 14.7 Å². The molecule has 0 saturated carbocycles. The highest BCUT2D eigenvalue weighted by Crippen LogP contribution is 2.29. The maximum Gasteiger partial charge on any atom is 0.338 e. The first kappa shape index (κ1) is 22.3. The summed E-state index contributed by atoms with van der Waals surface area (Å²) in [6.07, 6.45) is 2.90. The van der Waals surface area contributed by atoms with E-state index in [1.165, 1.54) is 0 Å². The second-order valence-electron chi connectivity index (χ2n) is 8.62. The van der Waals surface area contributed by atoms with Crippen LogP contribution in [-0.2, 0) is 22.6 Å². The summed E-state index contributed by atoms with van der Waals surface area (Å²) in [5, 5.41) is 16.3. The fourth-order valence-corrected chi connectivity index (χ4v) is 4.52. The number of aliphatic hydroxyl groups is 1. The maximum atomic E-state index is 12.8. The number of nitrogens with one attached hydrogen (secondary N) is 2. The molecule has 2 aromatic rings. The third kappa shape index (κ3) is 4.45. The molecule has 1 aromatic heterocycles. The van der Waals surface area contributed by atoms with Gasteiger partial charge in [0, 0.05) is 44.5 Å². The van der Waals surface area contributed by atoms with Crippen molar-refractivity contribution in [1.82, 2.24) is 25.9 Å². The molecule has 0 aliphatic carbocycles. The minimum absolute atomic E-state index is 0.0661. The summed E-state index contributed by atoms with van der Waals surface area (Å²) in [4.78, 5) is 32.9. The van der Waals surface area contributed by atoms with E-state index in [1.54, 1.807) is 23.6 Å². The smallest absolute Gasteiger partial charge is 0.338 e. The van der Waals surface area contributed by atoms with Crippen molar-refractivity contribution in [2.75, 3.05) is 37.7 Å². The van der Waals surface area contributed by atoms with Crippen LogP contribution in [0.2, 0.25) is 0 Å².